The third-order valence-corrected chi connectivity index (χ3v) is 5.20. The van der Waals surface area contributed by atoms with Gasteiger partial charge in [-0.25, -0.2) is 0 Å². The van der Waals surface area contributed by atoms with Crippen LogP contribution in [0.2, 0.25) is 0 Å². The first-order valence-electron chi connectivity index (χ1n) is 7.87. The molecular weight excluding hydrogens is 342 g/mol. The van der Waals surface area contributed by atoms with Crippen LogP contribution in [0.4, 0.5) is 0 Å². The molecule has 1 aliphatic heterocycles. The molecule has 0 amide bonds. The van der Waals surface area contributed by atoms with Gasteiger partial charge in [-0.2, -0.15) is 0 Å². The average molecular weight is 363 g/mol. The highest BCUT2D eigenvalue weighted by atomic mass is 32.1. The van der Waals surface area contributed by atoms with E-state index in [0.717, 1.165) is 17.5 Å². The molecular formula is C17H21N3O4S. The largest absolute Gasteiger partial charge is 0.494 e. The lowest BCUT2D eigenvalue weighted by Gasteiger charge is -2.29. The lowest BCUT2D eigenvalue weighted by atomic mass is 9.90. The van der Waals surface area contributed by atoms with Crippen LogP contribution in [0.25, 0.3) is 0 Å². The zero-order valence-electron chi connectivity index (χ0n) is 14.6. The van der Waals surface area contributed by atoms with E-state index in [2.05, 4.69) is 5.32 Å². The number of methoxy groups -OCH3 is 2. The van der Waals surface area contributed by atoms with E-state index in [1.54, 1.807) is 28.3 Å². The summed E-state index contributed by atoms with van der Waals surface area (Å²) in [5.41, 5.74) is 1.88. The van der Waals surface area contributed by atoms with Crippen molar-refractivity contribution in [1.29, 1.82) is 0 Å². The predicted octanol–water partition coefficient (Wildman–Crippen LogP) is 1.41. The van der Waals surface area contributed by atoms with Gasteiger partial charge in [-0.1, -0.05) is 0 Å². The molecule has 2 heterocycles. The average Bonchev–Trinajstić information content (AvgIpc) is 2.63. The van der Waals surface area contributed by atoms with E-state index in [-0.39, 0.29) is 21.8 Å². The molecule has 1 unspecified atom stereocenters. The Labute approximate surface area is 150 Å². The van der Waals surface area contributed by atoms with Crippen molar-refractivity contribution >= 4 is 12.2 Å². The lowest BCUT2D eigenvalue weighted by molar-refractivity contribution is 0.352. The fourth-order valence-electron chi connectivity index (χ4n) is 3.25. The van der Waals surface area contributed by atoms with Crippen LogP contribution in [-0.4, -0.2) is 35.0 Å². The summed E-state index contributed by atoms with van der Waals surface area (Å²) in [5, 5.41) is 13.9. The molecule has 8 heteroatoms. The highest BCUT2D eigenvalue weighted by Gasteiger charge is 2.29. The first-order valence-corrected chi connectivity index (χ1v) is 8.28. The van der Waals surface area contributed by atoms with Crippen molar-refractivity contribution in [2.45, 2.75) is 12.5 Å². The fourth-order valence-corrected chi connectivity index (χ4v) is 3.42. The van der Waals surface area contributed by atoms with E-state index in [1.807, 2.05) is 12.1 Å². The molecule has 0 bridgehead atoms. The first-order chi connectivity index (χ1) is 11.9. The van der Waals surface area contributed by atoms with E-state index in [1.165, 1.54) is 9.13 Å². The Morgan fingerprint density at radius 2 is 1.84 bits per heavy atom. The summed E-state index contributed by atoms with van der Waals surface area (Å²) < 4.78 is 13.8. The molecule has 1 atom stereocenters. The predicted molar refractivity (Wildman–Crippen MR) is 96.2 cm³/mol. The van der Waals surface area contributed by atoms with Gasteiger partial charge < -0.3 is 19.9 Å². The lowest BCUT2D eigenvalue weighted by Crippen LogP contribution is -2.37. The molecule has 2 aromatic rings. The minimum absolute atomic E-state index is 0.131. The molecule has 1 aromatic heterocycles. The molecule has 2 N–H and O–H groups in total. The van der Waals surface area contributed by atoms with Crippen LogP contribution >= 0.6 is 12.2 Å². The van der Waals surface area contributed by atoms with Gasteiger partial charge in [-0.3, -0.25) is 13.9 Å². The number of aromatic hydroxyl groups is 1. The van der Waals surface area contributed by atoms with Gasteiger partial charge in [0.25, 0.3) is 5.56 Å². The summed E-state index contributed by atoms with van der Waals surface area (Å²) in [6, 6.07) is 3.32. The van der Waals surface area contributed by atoms with Crippen LogP contribution in [0.1, 0.15) is 22.7 Å². The highest BCUT2D eigenvalue weighted by molar-refractivity contribution is 7.71. The number of benzene rings is 1. The smallest absolute Gasteiger partial charge is 0.263 e. The second kappa shape index (κ2) is 6.53. The molecule has 1 aromatic carbocycles. The number of nitrogens with one attached hydrogen (secondary N) is 1. The van der Waals surface area contributed by atoms with Crippen LogP contribution in [0, 0.1) is 4.77 Å². The standard InChI is InChI=1S/C17H21N3O4S/c1-19-15(21)13(16(22)20(2)17(19)25)14-10-8-12(24-4)11(23-3)7-9(10)5-6-18-14/h7-8,14,18,21H,5-6H2,1-4H3. The van der Waals surface area contributed by atoms with Crippen molar-refractivity contribution in [1.82, 2.24) is 14.5 Å². The molecule has 1 aliphatic rings. The monoisotopic (exact) mass is 363 g/mol. The molecule has 0 saturated carbocycles. The zero-order valence-corrected chi connectivity index (χ0v) is 15.4. The van der Waals surface area contributed by atoms with Gasteiger partial charge in [-0.15, -0.1) is 0 Å². The van der Waals surface area contributed by atoms with Crippen LogP contribution in [0.3, 0.4) is 0 Å². The number of ether oxygens (including phenoxy) is 2. The summed E-state index contributed by atoms with van der Waals surface area (Å²) in [4.78, 5) is 12.8. The van der Waals surface area contributed by atoms with Crippen molar-refractivity contribution in [2.75, 3.05) is 20.8 Å². The SMILES string of the molecule is COc1cc2c(cc1OC)C(c1c(O)n(C)c(=S)n(C)c1=O)NCC2. The Balaban J connectivity index is 2.27. The third-order valence-electron chi connectivity index (χ3n) is 4.66. The zero-order chi connectivity index (χ0) is 18.3. The summed E-state index contributed by atoms with van der Waals surface area (Å²) in [5.74, 6) is 1.09. The summed E-state index contributed by atoms with van der Waals surface area (Å²) >= 11 is 5.19. The molecule has 25 heavy (non-hydrogen) atoms. The molecule has 7 nitrogen and oxygen atoms in total. The Morgan fingerprint density at radius 1 is 1.20 bits per heavy atom. The van der Waals surface area contributed by atoms with Crippen LogP contribution < -0.4 is 20.3 Å². The van der Waals surface area contributed by atoms with Crippen molar-refractivity contribution in [2.24, 2.45) is 14.1 Å². The van der Waals surface area contributed by atoms with Gasteiger partial charge in [0.15, 0.2) is 16.3 Å². The maximum atomic E-state index is 12.8. The van der Waals surface area contributed by atoms with E-state index in [4.69, 9.17) is 21.7 Å². The van der Waals surface area contributed by atoms with Gasteiger partial charge in [-0.05, 0) is 41.9 Å². The van der Waals surface area contributed by atoms with E-state index >= 15 is 0 Å². The van der Waals surface area contributed by atoms with Crippen molar-refractivity contribution in [3.8, 4) is 17.4 Å². The maximum Gasteiger partial charge on any atom is 0.263 e. The van der Waals surface area contributed by atoms with Crippen LogP contribution in [-0.2, 0) is 20.5 Å². The van der Waals surface area contributed by atoms with Crippen molar-refractivity contribution in [3.63, 3.8) is 0 Å². The first kappa shape index (κ1) is 17.5. The van der Waals surface area contributed by atoms with Crippen LogP contribution in [0.15, 0.2) is 16.9 Å². The molecule has 0 aliphatic carbocycles. The summed E-state index contributed by atoms with van der Waals surface area (Å²) in [7, 11) is 6.40. The van der Waals surface area contributed by atoms with Crippen LogP contribution in [0.5, 0.6) is 17.4 Å². The Hall–Kier alpha value is -2.32. The molecule has 0 saturated heterocycles. The number of rotatable bonds is 3. The Morgan fingerprint density at radius 3 is 2.48 bits per heavy atom. The summed E-state index contributed by atoms with van der Waals surface area (Å²) in [6.45, 7) is 0.676. The van der Waals surface area contributed by atoms with Gasteiger partial charge >= 0.3 is 0 Å². The molecule has 0 spiro atoms. The van der Waals surface area contributed by atoms with Crippen molar-refractivity contribution in [3.05, 3.63) is 43.9 Å². The van der Waals surface area contributed by atoms with E-state index in [9.17, 15) is 9.90 Å². The van der Waals surface area contributed by atoms with E-state index < -0.39 is 6.04 Å². The third kappa shape index (κ3) is 2.71. The van der Waals surface area contributed by atoms with Gasteiger partial charge in [0.2, 0.25) is 5.88 Å². The number of hydrogen-bond donors (Lipinski definition) is 2. The second-order valence-electron chi connectivity index (χ2n) is 5.99. The minimum Gasteiger partial charge on any atom is -0.494 e. The van der Waals surface area contributed by atoms with Gasteiger partial charge in [0.1, 0.15) is 0 Å². The number of fused-ring (bicyclic) bond motifs is 1. The quantitative estimate of drug-likeness (QED) is 0.803. The van der Waals surface area contributed by atoms with Crippen molar-refractivity contribution < 1.29 is 14.6 Å². The topological polar surface area (TPSA) is 77.7 Å². The second-order valence-corrected chi connectivity index (χ2v) is 6.35. The fraction of sp³-hybridized carbons (Fsp3) is 0.412. The normalized spacial score (nSPS) is 16.4. The molecule has 0 fully saturated rings. The highest BCUT2D eigenvalue weighted by Crippen LogP contribution is 2.38. The Bertz CT molecular complexity index is 948. The molecule has 0 radical (unpaired) electrons. The van der Waals surface area contributed by atoms with Gasteiger partial charge in [0.05, 0.1) is 25.8 Å². The van der Waals surface area contributed by atoms with E-state index in [0.29, 0.717) is 18.0 Å². The maximum absolute atomic E-state index is 12.8. The van der Waals surface area contributed by atoms with Gasteiger partial charge in [0, 0.05) is 20.6 Å². The number of hydrogen-bond acceptors (Lipinski definition) is 6. The summed E-state index contributed by atoms with van der Waals surface area (Å²) in [6.07, 6.45) is 0.790. The molecule has 134 valence electrons. The number of aromatic nitrogens is 2. The Kier molecular flexibility index (Phi) is 4.57. The minimum atomic E-state index is -0.455. The molecule has 3 rings (SSSR count). The number of nitrogens with zero attached hydrogens (tertiary/aromatic N) is 2.